The van der Waals surface area contributed by atoms with E-state index in [0.29, 0.717) is 22.4 Å². The van der Waals surface area contributed by atoms with Crippen molar-refractivity contribution in [3.05, 3.63) is 48.0 Å². The van der Waals surface area contributed by atoms with Crippen molar-refractivity contribution in [2.45, 2.75) is 18.6 Å². The van der Waals surface area contributed by atoms with Crippen molar-refractivity contribution in [3.63, 3.8) is 0 Å². The molecule has 2 aromatic carbocycles. The quantitative estimate of drug-likeness (QED) is 0.783. The van der Waals surface area contributed by atoms with Crippen LogP contribution in [-0.2, 0) is 9.59 Å². The molecule has 1 fully saturated rings. The van der Waals surface area contributed by atoms with Crippen LogP contribution in [0.1, 0.15) is 12.0 Å². The van der Waals surface area contributed by atoms with E-state index in [1.165, 1.54) is 23.8 Å². The van der Waals surface area contributed by atoms with Gasteiger partial charge in [-0.05, 0) is 30.7 Å². The van der Waals surface area contributed by atoms with Crippen LogP contribution in [0.25, 0.3) is 0 Å². The summed E-state index contributed by atoms with van der Waals surface area (Å²) in [4.78, 5) is 31.2. The summed E-state index contributed by atoms with van der Waals surface area (Å²) in [6.45, 7) is 1.97. The van der Waals surface area contributed by atoms with Crippen LogP contribution in [0.3, 0.4) is 0 Å². The highest BCUT2D eigenvalue weighted by Gasteiger charge is 2.37. The normalized spacial score (nSPS) is 17.5. The number of para-hydroxylation sites is 1. The number of rotatable bonds is 6. The number of aryl methyl sites for hydroxylation is 1. The molecule has 29 heavy (non-hydrogen) atoms. The Bertz CT molecular complexity index is 961. The minimum absolute atomic E-state index is 0.0375. The van der Waals surface area contributed by atoms with E-state index >= 15 is 0 Å². The highest BCUT2D eigenvalue weighted by atomic mass is 32.2. The molecule has 152 valence electrons. The highest BCUT2D eigenvalue weighted by Crippen LogP contribution is 2.33. The van der Waals surface area contributed by atoms with Crippen LogP contribution in [0.5, 0.6) is 11.5 Å². The van der Waals surface area contributed by atoms with E-state index in [-0.39, 0.29) is 18.2 Å². The molecule has 1 atom stereocenters. The number of hydrogen-bond donors (Lipinski definition) is 1. The van der Waals surface area contributed by atoms with Gasteiger partial charge in [0, 0.05) is 19.5 Å². The van der Waals surface area contributed by atoms with Crippen molar-refractivity contribution >= 4 is 40.1 Å². The van der Waals surface area contributed by atoms with E-state index in [9.17, 15) is 9.59 Å². The lowest BCUT2D eigenvalue weighted by Crippen LogP contribution is -2.30. The number of ether oxygens (including phenoxy) is 2. The van der Waals surface area contributed by atoms with Gasteiger partial charge in [0.2, 0.25) is 11.8 Å². The lowest BCUT2D eigenvalue weighted by molar-refractivity contribution is -0.127. The smallest absolute Gasteiger partial charge is 0.242 e. The zero-order valence-corrected chi connectivity index (χ0v) is 17.6. The molecule has 2 aromatic rings. The molecule has 7 nitrogen and oxygen atoms in total. The van der Waals surface area contributed by atoms with Gasteiger partial charge in [-0.15, -0.1) is 0 Å². The molecule has 0 aromatic heterocycles. The molecule has 8 heteroatoms. The first-order valence-corrected chi connectivity index (χ1v) is 9.91. The van der Waals surface area contributed by atoms with Crippen LogP contribution in [-0.4, -0.2) is 48.4 Å². The van der Waals surface area contributed by atoms with E-state index in [1.54, 1.807) is 32.4 Å². The fourth-order valence-electron chi connectivity index (χ4n) is 2.86. The largest absolute Gasteiger partial charge is 0.497 e. The Morgan fingerprint density at radius 3 is 2.66 bits per heavy atom. The number of hydrogen-bond acceptors (Lipinski definition) is 6. The number of carbonyl (C=O) groups is 2. The van der Waals surface area contributed by atoms with Crippen molar-refractivity contribution in [1.82, 2.24) is 4.90 Å². The second-order valence-electron chi connectivity index (χ2n) is 6.50. The molecule has 0 spiro atoms. The van der Waals surface area contributed by atoms with Gasteiger partial charge in [0.15, 0.2) is 5.17 Å². The maximum Gasteiger partial charge on any atom is 0.242 e. The molecule has 1 saturated heterocycles. The van der Waals surface area contributed by atoms with Crippen molar-refractivity contribution < 1.29 is 19.1 Å². The molecule has 0 bridgehead atoms. The third-order valence-corrected chi connectivity index (χ3v) is 5.75. The molecular weight excluding hydrogens is 390 g/mol. The average molecular weight is 413 g/mol. The van der Waals surface area contributed by atoms with Gasteiger partial charge in [-0.2, -0.15) is 0 Å². The molecule has 0 radical (unpaired) electrons. The Morgan fingerprint density at radius 1 is 1.21 bits per heavy atom. The maximum absolute atomic E-state index is 12.6. The summed E-state index contributed by atoms with van der Waals surface area (Å²) in [5.74, 6) is 0.700. The van der Waals surface area contributed by atoms with Gasteiger partial charge in [-0.1, -0.05) is 30.0 Å². The molecule has 1 unspecified atom stereocenters. The number of methoxy groups -OCH3 is 2. The molecule has 1 aliphatic rings. The van der Waals surface area contributed by atoms with Gasteiger partial charge >= 0.3 is 0 Å². The first kappa shape index (κ1) is 20.7. The highest BCUT2D eigenvalue weighted by molar-refractivity contribution is 8.15. The van der Waals surface area contributed by atoms with Crippen molar-refractivity contribution in [2.24, 2.45) is 4.99 Å². The number of nitrogens with one attached hydrogen (secondary N) is 1. The summed E-state index contributed by atoms with van der Waals surface area (Å²) in [5.41, 5.74) is 2.35. The molecule has 0 saturated carbocycles. The van der Waals surface area contributed by atoms with Gasteiger partial charge in [0.25, 0.3) is 0 Å². The van der Waals surface area contributed by atoms with Crippen molar-refractivity contribution in [3.8, 4) is 11.5 Å². The standard InChI is InChI=1S/C21H23N3O4S/c1-13-7-5-6-8-15(13)23-21-24(2)20(26)18(29-21)12-19(25)22-16-10-9-14(27-3)11-17(16)28-4/h5-11,18H,12H2,1-4H3,(H,22,25). The Kier molecular flexibility index (Phi) is 6.43. The van der Waals surface area contributed by atoms with Crippen LogP contribution in [0.2, 0.25) is 0 Å². The molecule has 1 heterocycles. The van der Waals surface area contributed by atoms with Gasteiger partial charge in [-0.3, -0.25) is 14.5 Å². The van der Waals surface area contributed by atoms with E-state index in [1.807, 2.05) is 31.2 Å². The Labute approximate surface area is 174 Å². The second kappa shape index (κ2) is 9.00. The first-order chi connectivity index (χ1) is 13.9. The van der Waals surface area contributed by atoms with Gasteiger partial charge < -0.3 is 14.8 Å². The average Bonchev–Trinajstić information content (AvgIpc) is 2.97. The van der Waals surface area contributed by atoms with Crippen LogP contribution in [0.4, 0.5) is 11.4 Å². The molecular formula is C21H23N3O4S. The molecule has 1 N–H and O–H groups in total. The Morgan fingerprint density at radius 2 is 1.97 bits per heavy atom. The van der Waals surface area contributed by atoms with Crippen LogP contribution in [0.15, 0.2) is 47.5 Å². The van der Waals surface area contributed by atoms with Gasteiger partial charge in [0.1, 0.15) is 16.7 Å². The van der Waals surface area contributed by atoms with Gasteiger partial charge in [0.05, 0.1) is 25.6 Å². The molecule has 3 rings (SSSR count). The fraction of sp³-hybridized carbons (Fsp3) is 0.286. The Hall–Kier alpha value is -3.00. The van der Waals surface area contributed by atoms with E-state index in [2.05, 4.69) is 10.3 Å². The molecule has 1 aliphatic heterocycles. The van der Waals surface area contributed by atoms with E-state index < -0.39 is 5.25 Å². The number of thioether (sulfide) groups is 1. The summed E-state index contributed by atoms with van der Waals surface area (Å²) in [7, 11) is 4.75. The third kappa shape index (κ3) is 4.71. The third-order valence-electron chi connectivity index (χ3n) is 4.53. The number of aliphatic imine (C=N–C) groups is 1. The minimum Gasteiger partial charge on any atom is -0.497 e. The van der Waals surface area contributed by atoms with Crippen LogP contribution in [0, 0.1) is 6.92 Å². The number of amides is 2. The predicted molar refractivity (Wildman–Crippen MR) is 115 cm³/mol. The lowest BCUT2D eigenvalue weighted by Gasteiger charge is -2.12. The maximum atomic E-state index is 12.6. The van der Waals surface area contributed by atoms with E-state index in [4.69, 9.17) is 9.47 Å². The fourth-order valence-corrected chi connectivity index (χ4v) is 4.01. The van der Waals surface area contributed by atoms with Gasteiger partial charge in [-0.25, -0.2) is 4.99 Å². The summed E-state index contributed by atoms with van der Waals surface area (Å²) >= 11 is 1.30. The number of nitrogens with zero attached hydrogens (tertiary/aromatic N) is 2. The monoisotopic (exact) mass is 413 g/mol. The van der Waals surface area contributed by atoms with Crippen molar-refractivity contribution in [2.75, 3.05) is 26.6 Å². The number of benzene rings is 2. The van der Waals surface area contributed by atoms with E-state index in [0.717, 1.165) is 11.3 Å². The molecule has 0 aliphatic carbocycles. The van der Waals surface area contributed by atoms with Crippen LogP contribution < -0.4 is 14.8 Å². The first-order valence-electron chi connectivity index (χ1n) is 9.03. The SMILES string of the molecule is COc1ccc(NC(=O)CC2SC(=Nc3ccccc3C)N(C)C2=O)c(OC)c1. The number of carbonyl (C=O) groups excluding carboxylic acids is 2. The molecule has 2 amide bonds. The predicted octanol–water partition coefficient (Wildman–Crippen LogP) is 3.60. The topological polar surface area (TPSA) is 80.2 Å². The second-order valence-corrected chi connectivity index (χ2v) is 7.67. The summed E-state index contributed by atoms with van der Waals surface area (Å²) in [6, 6.07) is 12.8. The number of amidine groups is 1. The summed E-state index contributed by atoms with van der Waals surface area (Å²) < 4.78 is 10.5. The Balaban J connectivity index is 1.70. The minimum atomic E-state index is -0.521. The number of anilines is 1. The van der Waals surface area contributed by atoms with Crippen molar-refractivity contribution in [1.29, 1.82) is 0 Å². The zero-order chi connectivity index (χ0) is 21.0. The van der Waals surface area contributed by atoms with Crippen LogP contribution >= 0.6 is 11.8 Å². The zero-order valence-electron chi connectivity index (χ0n) is 16.8. The summed E-state index contributed by atoms with van der Waals surface area (Å²) in [5, 5.41) is 2.87. The lowest BCUT2D eigenvalue weighted by atomic mass is 10.2. The summed E-state index contributed by atoms with van der Waals surface area (Å²) in [6.07, 6.45) is 0.0375.